The Morgan fingerprint density at radius 1 is 0.271 bits per heavy atom. The van der Waals surface area contributed by atoms with Crippen LogP contribution in [-0.2, 0) is 0 Å². The molecule has 12 aromatic rings. The molecule has 0 radical (unpaired) electrons. The number of hydrogen-bond donors (Lipinski definition) is 0. The van der Waals surface area contributed by atoms with Gasteiger partial charge in [0.05, 0.1) is 0 Å². The predicted octanol–water partition coefficient (Wildman–Crippen LogP) is 14.7. The summed E-state index contributed by atoms with van der Waals surface area (Å²) >= 11 is 0. The van der Waals surface area contributed by atoms with Gasteiger partial charge in [-0.05, 0) is 89.6 Å². The molecule has 0 unspecified atom stereocenters. The van der Waals surface area contributed by atoms with Gasteiger partial charge in [-0.3, -0.25) is 0 Å². The fraction of sp³-hybridized carbons (Fsp3) is 0. The molecule has 0 fully saturated rings. The van der Waals surface area contributed by atoms with Crippen molar-refractivity contribution in [2.75, 3.05) is 0 Å². The molecule has 10 aromatic carbocycles. The first-order valence-corrected chi connectivity index (χ1v) is 19.9. The topological polar surface area (TPSA) is 51.8 Å². The van der Waals surface area contributed by atoms with E-state index < -0.39 is 0 Å². The predicted molar refractivity (Wildman–Crippen MR) is 244 cm³/mol. The zero-order valence-electron chi connectivity index (χ0n) is 31.8. The van der Waals surface area contributed by atoms with Gasteiger partial charge >= 0.3 is 0 Å². The fourth-order valence-electron chi connectivity index (χ4n) is 8.91. The van der Waals surface area contributed by atoms with E-state index in [1.54, 1.807) is 0 Å². The van der Waals surface area contributed by atoms with Crippen molar-refractivity contribution < 1.29 is 4.42 Å². The lowest BCUT2D eigenvalue weighted by atomic mass is 9.93. The number of furan rings is 1. The number of nitrogens with zero attached hydrogens (tertiary/aromatic N) is 3. The lowest BCUT2D eigenvalue weighted by Gasteiger charge is -2.12. The van der Waals surface area contributed by atoms with E-state index in [1.165, 1.54) is 54.2 Å². The summed E-state index contributed by atoms with van der Waals surface area (Å²) in [6, 6.07) is 70.5. The molecule has 12 rings (SSSR count). The van der Waals surface area contributed by atoms with Crippen molar-refractivity contribution in [2.24, 2.45) is 0 Å². The summed E-state index contributed by atoms with van der Waals surface area (Å²) in [5, 5.41) is 11.9. The van der Waals surface area contributed by atoms with Crippen LogP contribution in [0.3, 0.4) is 0 Å². The smallest absolute Gasteiger partial charge is 0.164 e. The van der Waals surface area contributed by atoms with Gasteiger partial charge in [-0.1, -0.05) is 176 Å². The first-order chi connectivity index (χ1) is 29.2. The maximum Gasteiger partial charge on any atom is 0.164 e. The molecule has 0 amide bonds. The molecule has 0 saturated heterocycles. The minimum atomic E-state index is 0.587. The van der Waals surface area contributed by atoms with E-state index in [-0.39, 0.29) is 0 Å². The van der Waals surface area contributed by atoms with E-state index in [9.17, 15) is 0 Å². The number of fused-ring (bicyclic) bond motifs is 10. The molecule has 0 saturated carbocycles. The van der Waals surface area contributed by atoms with Gasteiger partial charge in [0.15, 0.2) is 17.5 Å². The lowest BCUT2D eigenvalue weighted by molar-refractivity contribution is 0.669. The average Bonchev–Trinajstić information content (AvgIpc) is 3.70. The SMILES string of the molecule is c1ccc(-c2nc(-c3ccc4c(c3)oc3cccc(-c5ccc(-c6cccc7ccccc67)cc5)c34)nc(-c3ccc4c5ccccc5c5ccccc5c4c3)n2)cc1. The van der Waals surface area contributed by atoms with Crippen molar-refractivity contribution in [3.63, 3.8) is 0 Å². The Hall–Kier alpha value is -7.95. The van der Waals surface area contributed by atoms with E-state index in [2.05, 4.69) is 164 Å². The highest BCUT2D eigenvalue weighted by molar-refractivity contribution is 6.25. The number of rotatable bonds is 5. The van der Waals surface area contributed by atoms with Gasteiger partial charge in [-0.2, -0.15) is 0 Å². The quantitative estimate of drug-likeness (QED) is 0.164. The van der Waals surface area contributed by atoms with Gasteiger partial charge in [0.2, 0.25) is 0 Å². The molecule has 59 heavy (non-hydrogen) atoms. The zero-order valence-corrected chi connectivity index (χ0v) is 31.8. The first-order valence-electron chi connectivity index (χ1n) is 19.9. The van der Waals surface area contributed by atoms with E-state index >= 15 is 0 Å². The highest BCUT2D eigenvalue weighted by atomic mass is 16.3. The molecular formula is C55H33N3O. The van der Waals surface area contributed by atoms with E-state index in [1.807, 2.05) is 36.4 Å². The van der Waals surface area contributed by atoms with Crippen molar-refractivity contribution in [3.8, 4) is 56.4 Å². The van der Waals surface area contributed by atoms with Crippen LogP contribution in [-0.4, -0.2) is 15.0 Å². The van der Waals surface area contributed by atoms with Crippen molar-refractivity contribution >= 4 is 65.0 Å². The maximum atomic E-state index is 6.60. The van der Waals surface area contributed by atoms with Crippen molar-refractivity contribution in [3.05, 3.63) is 200 Å². The molecule has 0 aliphatic heterocycles. The standard InChI is InChI=1S/C55H33N3O/c1-2-13-37(14-3-1)53-56-54(38-28-30-47-45-19-7-6-17-43(45)44-18-8-9-20-46(44)49(47)32-38)58-55(57-53)39-29-31-48-51(33-39)59-50-23-11-22-42(52(48)50)36-26-24-35(25-27-36)41-21-10-15-34-12-4-5-16-40(34)41/h1-33H. The van der Waals surface area contributed by atoms with Crippen molar-refractivity contribution in [2.45, 2.75) is 0 Å². The Morgan fingerprint density at radius 2 is 0.746 bits per heavy atom. The molecule has 0 spiro atoms. The van der Waals surface area contributed by atoms with Crippen LogP contribution in [0.15, 0.2) is 205 Å². The number of aromatic nitrogens is 3. The molecule has 0 N–H and O–H groups in total. The molecule has 0 bridgehead atoms. The normalized spacial score (nSPS) is 11.7. The summed E-state index contributed by atoms with van der Waals surface area (Å²) < 4.78 is 6.60. The van der Waals surface area contributed by atoms with Gasteiger partial charge in [-0.25, -0.2) is 15.0 Å². The first kappa shape index (κ1) is 33.2. The summed E-state index contributed by atoms with van der Waals surface area (Å²) in [5.74, 6) is 1.82. The highest BCUT2D eigenvalue weighted by Gasteiger charge is 2.18. The third-order valence-electron chi connectivity index (χ3n) is 11.7. The molecule has 4 nitrogen and oxygen atoms in total. The summed E-state index contributed by atoms with van der Waals surface area (Å²) in [6.07, 6.45) is 0. The van der Waals surface area contributed by atoms with Crippen LogP contribution in [0.1, 0.15) is 0 Å². The van der Waals surface area contributed by atoms with Crippen LogP contribution >= 0.6 is 0 Å². The molecular weight excluding hydrogens is 719 g/mol. The largest absolute Gasteiger partial charge is 0.456 e. The van der Waals surface area contributed by atoms with Gasteiger partial charge in [0, 0.05) is 27.5 Å². The molecule has 274 valence electrons. The van der Waals surface area contributed by atoms with Gasteiger partial charge in [0.25, 0.3) is 0 Å². The number of benzene rings is 10. The van der Waals surface area contributed by atoms with Gasteiger partial charge in [-0.15, -0.1) is 0 Å². The molecule has 2 heterocycles. The molecule has 0 aliphatic carbocycles. The van der Waals surface area contributed by atoms with E-state index in [0.717, 1.165) is 49.8 Å². The zero-order chi connectivity index (χ0) is 38.9. The fourth-order valence-corrected chi connectivity index (χ4v) is 8.91. The minimum absolute atomic E-state index is 0.587. The Labute approximate surface area is 339 Å². The summed E-state index contributed by atoms with van der Waals surface area (Å²) in [5.41, 5.74) is 9.02. The van der Waals surface area contributed by atoms with Crippen molar-refractivity contribution in [1.29, 1.82) is 0 Å². The second-order valence-electron chi connectivity index (χ2n) is 15.1. The minimum Gasteiger partial charge on any atom is -0.456 e. The summed E-state index contributed by atoms with van der Waals surface area (Å²) in [7, 11) is 0. The third-order valence-corrected chi connectivity index (χ3v) is 11.7. The van der Waals surface area contributed by atoms with Crippen LogP contribution in [0, 0.1) is 0 Å². The van der Waals surface area contributed by atoms with E-state index in [0.29, 0.717) is 17.5 Å². The molecule has 0 aliphatic rings. The van der Waals surface area contributed by atoms with E-state index in [4.69, 9.17) is 19.4 Å². The molecule has 2 aromatic heterocycles. The second kappa shape index (κ2) is 13.3. The van der Waals surface area contributed by atoms with Crippen LogP contribution in [0.5, 0.6) is 0 Å². The number of hydrogen-bond acceptors (Lipinski definition) is 4. The van der Waals surface area contributed by atoms with Crippen LogP contribution in [0.4, 0.5) is 0 Å². The molecule has 0 atom stereocenters. The Balaban J connectivity index is 0.978. The third kappa shape index (κ3) is 5.49. The Morgan fingerprint density at radius 3 is 1.44 bits per heavy atom. The monoisotopic (exact) mass is 751 g/mol. The summed E-state index contributed by atoms with van der Waals surface area (Å²) in [4.78, 5) is 15.3. The van der Waals surface area contributed by atoms with Crippen LogP contribution in [0.2, 0.25) is 0 Å². The lowest BCUT2D eigenvalue weighted by Crippen LogP contribution is -2.00. The van der Waals surface area contributed by atoms with Crippen molar-refractivity contribution in [1.82, 2.24) is 15.0 Å². The van der Waals surface area contributed by atoms with Crippen LogP contribution in [0.25, 0.3) is 121 Å². The Kier molecular flexibility index (Phi) is 7.50. The molecule has 4 heteroatoms. The average molecular weight is 752 g/mol. The Bertz CT molecular complexity index is 3570. The van der Waals surface area contributed by atoms with Gasteiger partial charge in [0.1, 0.15) is 11.2 Å². The van der Waals surface area contributed by atoms with Crippen LogP contribution < -0.4 is 0 Å². The van der Waals surface area contributed by atoms with Gasteiger partial charge < -0.3 is 4.42 Å². The maximum absolute atomic E-state index is 6.60. The summed E-state index contributed by atoms with van der Waals surface area (Å²) in [6.45, 7) is 0. The highest BCUT2D eigenvalue weighted by Crippen LogP contribution is 2.40. The second-order valence-corrected chi connectivity index (χ2v) is 15.1.